The maximum absolute atomic E-state index is 13.4. The predicted molar refractivity (Wildman–Crippen MR) is 94.4 cm³/mol. The molecule has 2 N–H and O–H groups in total. The van der Waals surface area contributed by atoms with Crippen molar-refractivity contribution in [2.45, 2.75) is 57.4 Å². The number of aromatic nitrogens is 1. The first-order valence-corrected chi connectivity index (χ1v) is 8.49. The van der Waals surface area contributed by atoms with Crippen molar-refractivity contribution in [1.82, 2.24) is 10.3 Å². The van der Waals surface area contributed by atoms with Gasteiger partial charge in [-0.3, -0.25) is 0 Å². The Hall–Kier alpha value is -2.44. The SMILES string of the molecule is CC(C)(C)c1ocnc1CNC(=O)Nc1ccc(C2(C)CC2(F)F)cc1. The highest BCUT2D eigenvalue weighted by Crippen LogP contribution is 2.61. The molecule has 0 aliphatic heterocycles. The Morgan fingerprint density at radius 3 is 2.42 bits per heavy atom. The maximum atomic E-state index is 13.4. The first-order chi connectivity index (χ1) is 12.0. The average Bonchev–Trinajstić information content (AvgIpc) is 2.89. The van der Waals surface area contributed by atoms with Crippen LogP contribution in [0.4, 0.5) is 19.3 Å². The van der Waals surface area contributed by atoms with Gasteiger partial charge in [0.15, 0.2) is 6.39 Å². The molecule has 2 amide bonds. The number of amides is 2. The molecule has 1 saturated carbocycles. The minimum atomic E-state index is -2.65. The van der Waals surface area contributed by atoms with Gasteiger partial charge in [-0.05, 0) is 24.6 Å². The molecule has 1 aromatic heterocycles. The van der Waals surface area contributed by atoms with Crippen molar-refractivity contribution in [3.8, 4) is 0 Å². The number of oxazole rings is 1. The fourth-order valence-electron chi connectivity index (χ4n) is 2.98. The van der Waals surface area contributed by atoms with Gasteiger partial charge in [0.2, 0.25) is 0 Å². The van der Waals surface area contributed by atoms with E-state index in [4.69, 9.17) is 4.42 Å². The molecule has 1 aromatic carbocycles. The van der Waals surface area contributed by atoms with Crippen LogP contribution in [0.1, 0.15) is 51.1 Å². The largest absolute Gasteiger partial charge is 0.448 e. The summed E-state index contributed by atoms with van der Waals surface area (Å²) in [5.41, 5.74) is 0.484. The van der Waals surface area contributed by atoms with Crippen LogP contribution >= 0.6 is 0 Å². The van der Waals surface area contributed by atoms with Crippen LogP contribution in [-0.2, 0) is 17.4 Å². The number of urea groups is 1. The number of hydrogen-bond acceptors (Lipinski definition) is 3. The van der Waals surface area contributed by atoms with Crippen LogP contribution in [-0.4, -0.2) is 16.9 Å². The Balaban J connectivity index is 1.57. The van der Waals surface area contributed by atoms with E-state index in [0.717, 1.165) is 5.76 Å². The van der Waals surface area contributed by atoms with Gasteiger partial charge < -0.3 is 15.1 Å². The molecule has 1 aliphatic rings. The molecule has 26 heavy (non-hydrogen) atoms. The van der Waals surface area contributed by atoms with Crippen LogP contribution in [0.25, 0.3) is 0 Å². The van der Waals surface area contributed by atoms with Gasteiger partial charge in [0, 0.05) is 17.5 Å². The molecular weight excluding hydrogens is 340 g/mol. The topological polar surface area (TPSA) is 67.2 Å². The van der Waals surface area contributed by atoms with Gasteiger partial charge in [-0.15, -0.1) is 0 Å². The normalized spacial score (nSPS) is 21.3. The van der Waals surface area contributed by atoms with Crippen molar-refractivity contribution in [1.29, 1.82) is 0 Å². The van der Waals surface area contributed by atoms with Gasteiger partial charge >= 0.3 is 6.03 Å². The molecular formula is C19H23F2N3O2. The van der Waals surface area contributed by atoms with E-state index in [9.17, 15) is 13.6 Å². The summed E-state index contributed by atoms with van der Waals surface area (Å²) in [6, 6.07) is 6.12. The second kappa shape index (κ2) is 6.07. The third-order valence-corrected chi connectivity index (χ3v) is 4.78. The van der Waals surface area contributed by atoms with Crippen LogP contribution in [0.3, 0.4) is 0 Å². The standard InChI is InChI=1S/C19H23F2N3O2/c1-17(2,3)15-14(23-11-26-15)9-22-16(25)24-13-7-5-12(6-8-13)18(4)10-19(18,20)21/h5-8,11H,9-10H2,1-4H3,(H2,22,24,25). The van der Waals surface area contributed by atoms with Crippen LogP contribution in [0.5, 0.6) is 0 Å². The fourth-order valence-corrected chi connectivity index (χ4v) is 2.98. The number of halogens is 2. The lowest BCUT2D eigenvalue weighted by atomic mass is 9.92. The van der Waals surface area contributed by atoms with Crippen LogP contribution in [0, 0.1) is 0 Å². The van der Waals surface area contributed by atoms with E-state index in [1.165, 1.54) is 6.39 Å². The zero-order valence-corrected chi connectivity index (χ0v) is 15.3. The zero-order chi connectivity index (χ0) is 19.2. The van der Waals surface area contributed by atoms with Gasteiger partial charge in [-0.2, -0.15) is 0 Å². The molecule has 0 saturated heterocycles. The Kier molecular flexibility index (Phi) is 4.29. The van der Waals surface area contributed by atoms with Crippen molar-refractivity contribution >= 4 is 11.7 Å². The highest BCUT2D eigenvalue weighted by Gasteiger charge is 2.68. The molecule has 0 radical (unpaired) electrons. The molecule has 1 heterocycles. The number of rotatable bonds is 4. The van der Waals surface area contributed by atoms with Gasteiger partial charge in [-0.1, -0.05) is 32.9 Å². The molecule has 0 bridgehead atoms. The van der Waals surface area contributed by atoms with Crippen LogP contribution in [0.2, 0.25) is 0 Å². The smallest absolute Gasteiger partial charge is 0.319 e. The fraction of sp³-hybridized carbons (Fsp3) is 0.474. The number of carbonyl (C=O) groups is 1. The number of anilines is 1. The highest BCUT2D eigenvalue weighted by atomic mass is 19.3. The van der Waals surface area contributed by atoms with E-state index in [0.29, 0.717) is 16.9 Å². The van der Waals surface area contributed by atoms with Crippen molar-refractivity contribution in [2.24, 2.45) is 0 Å². The monoisotopic (exact) mass is 363 g/mol. The lowest BCUT2D eigenvalue weighted by molar-refractivity contribution is 0.0920. The summed E-state index contributed by atoms with van der Waals surface area (Å²) in [7, 11) is 0. The van der Waals surface area contributed by atoms with Crippen LogP contribution < -0.4 is 10.6 Å². The number of carbonyl (C=O) groups excluding carboxylic acids is 1. The minimum Gasteiger partial charge on any atom is -0.448 e. The van der Waals surface area contributed by atoms with E-state index in [1.807, 2.05) is 20.8 Å². The van der Waals surface area contributed by atoms with Crippen LogP contribution in [0.15, 0.2) is 35.1 Å². The molecule has 7 heteroatoms. The third kappa shape index (κ3) is 3.43. The number of hydrogen-bond donors (Lipinski definition) is 2. The quantitative estimate of drug-likeness (QED) is 0.835. The number of nitrogens with one attached hydrogen (secondary N) is 2. The number of benzene rings is 1. The molecule has 1 unspecified atom stereocenters. The Morgan fingerprint density at radius 1 is 1.27 bits per heavy atom. The number of nitrogens with zero attached hydrogens (tertiary/aromatic N) is 1. The summed E-state index contributed by atoms with van der Waals surface area (Å²) < 4.78 is 32.3. The Bertz CT molecular complexity index is 809. The van der Waals surface area contributed by atoms with Crippen molar-refractivity contribution in [2.75, 3.05) is 5.32 Å². The molecule has 0 spiro atoms. The van der Waals surface area contributed by atoms with E-state index in [2.05, 4.69) is 15.6 Å². The molecule has 5 nitrogen and oxygen atoms in total. The highest BCUT2D eigenvalue weighted by molar-refractivity contribution is 5.89. The third-order valence-electron chi connectivity index (χ3n) is 4.78. The second-order valence-corrected chi connectivity index (χ2v) is 7.98. The summed E-state index contributed by atoms with van der Waals surface area (Å²) in [4.78, 5) is 16.2. The lowest BCUT2D eigenvalue weighted by Gasteiger charge is -2.16. The molecule has 2 aromatic rings. The maximum Gasteiger partial charge on any atom is 0.319 e. The summed E-state index contributed by atoms with van der Waals surface area (Å²) in [6.45, 7) is 7.79. The van der Waals surface area contributed by atoms with Gasteiger partial charge in [0.05, 0.1) is 12.0 Å². The molecule has 1 atom stereocenters. The van der Waals surface area contributed by atoms with Gasteiger partial charge in [-0.25, -0.2) is 18.6 Å². The molecule has 140 valence electrons. The lowest BCUT2D eigenvalue weighted by Crippen LogP contribution is -2.29. The zero-order valence-electron chi connectivity index (χ0n) is 15.3. The first-order valence-electron chi connectivity index (χ1n) is 8.49. The van der Waals surface area contributed by atoms with E-state index >= 15 is 0 Å². The van der Waals surface area contributed by atoms with E-state index < -0.39 is 17.4 Å². The van der Waals surface area contributed by atoms with Crippen molar-refractivity contribution in [3.63, 3.8) is 0 Å². The average molecular weight is 363 g/mol. The first kappa shape index (κ1) is 18.4. The summed E-state index contributed by atoms with van der Waals surface area (Å²) >= 11 is 0. The van der Waals surface area contributed by atoms with Gasteiger partial charge in [0.1, 0.15) is 11.5 Å². The number of alkyl halides is 2. The minimum absolute atomic E-state index is 0.138. The van der Waals surface area contributed by atoms with Crippen molar-refractivity contribution in [3.05, 3.63) is 47.7 Å². The molecule has 3 rings (SSSR count). The van der Waals surface area contributed by atoms with Crippen molar-refractivity contribution < 1.29 is 18.0 Å². The van der Waals surface area contributed by atoms with Gasteiger partial charge in [0.25, 0.3) is 5.92 Å². The summed E-state index contributed by atoms with van der Waals surface area (Å²) in [5.74, 6) is -1.93. The van der Waals surface area contributed by atoms with E-state index in [1.54, 1.807) is 31.2 Å². The van der Waals surface area contributed by atoms with E-state index in [-0.39, 0.29) is 18.4 Å². The predicted octanol–water partition coefficient (Wildman–Crippen LogP) is 4.59. The molecule has 1 fully saturated rings. The summed E-state index contributed by atoms with van der Waals surface area (Å²) in [6.07, 6.45) is 1.23. The summed E-state index contributed by atoms with van der Waals surface area (Å²) in [5, 5.41) is 5.41. The second-order valence-electron chi connectivity index (χ2n) is 7.98. The molecule has 1 aliphatic carbocycles. The Morgan fingerprint density at radius 2 is 1.88 bits per heavy atom. The Labute approximate surface area is 151 Å².